The molecule has 0 spiro atoms. The number of halogens is 6. The summed E-state index contributed by atoms with van der Waals surface area (Å²) in [5, 5.41) is 18.6. The molecule has 3 N–H and O–H groups in total. The van der Waals surface area contributed by atoms with E-state index in [1.54, 1.807) is 31.5 Å². The minimum absolute atomic E-state index is 0.00393. The van der Waals surface area contributed by atoms with Crippen LogP contribution in [0.1, 0.15) is 5.56 Å². The molecule has 1 saturated heterocycles. The van der Waals surface area contributed by atoms with Crippen molar-refractivity contribution in [3.63, 3.8) is 0 Å². The van der Waals surface area contributed by atoms with E-state index in [1.807, 2.05) is 42.5 Å². The second-order valence-corrected chi connectivity index (χ2v) is 13.2. The van der Waals surface area contributed by atoms with Crippen molar-refractivity contribution in [2.24, 2.45) is 0 Å². The SMILES string of the molecule is Cc1c(-c2nccc3cnc(Nc4ccc(SNc5cccc(N6CCOCC6)c5)cc4)cc23)ccc2c1cnn2CC(O)(C(F)(F)F)C(F)(F)F. The summed E-state index contributed by atoms with van der Waals surface area (Å²) in [5.41, 5.74) is -0.399. The van der Waals surface area contributed by atoms with Crippen molar-refractivity contribution < 1.29 is 36.2 Å². The third-order valence-electron chi connectivity index (χ3n) is 8.95. The lowest BCUT2D eigenvalue weighted by Crippen LogP contribution is -2.59. The normalized spacial score (nSPS) is 14.3. The first kappa shape index (κ1) is 35.3. The van der Waals surface area contributed by atoms with Crippen molar-refractivity contribution in [2.45, 2.75) is 36.3 Å². The molecule has 7 rings (SSSR count). The van der Waals surface area contributed by atoms with Crippen LogP contribution in [-0.4, -0.2) is 69.1 Å². The number of hydrogen-bond donors (Lipinski definition) is 3. The van der Waals surface area contributed by atoms with Crippen LogP contribution in [0.25, 0.3) is 32.9 Å². The number of aryl methyl sites for hydroxylation is 1. The highest BCUT2D eigenvalue weighted by Crippen LogP contribution is 2.45. The number of benzene rings is 3. The van der Waals surface area contributed by atoms with Gasteiger partial charge in [0, 0.05) is 69.2 Å². The number of fused-ring (bicyclic) bond motifs is 2. The van der Waals surface area contributed by atoms with Gasteiger partial charge in [-0.05, 0) is 85.1 Å². The van der Waals surface area contributed by atoms with Gasteiger partial charge in [0.1, 0.15) is 5.82 Å². The van der Waals surface area contributed by atoms with Gasteiger partial charge < -0.3 is 24.8 Å². The molecule has 0 aliphatic carbocycles. The zero-order chi connectivity index (χ0) is 36.7. The van der Waals surface area contributed by atoms with Crippen LogP contribution in [-0.2, 0) is 11.3 Å². The number of alkyl halides is 6. The van der Waals surface area contributed by atoms with E-state index in [2.05, 4.69) is 42.1 Å². The number of aromatic nitrogens is 4. The van der Waals surface area contributed by atoms with E-state index in [9.17, 15) is 31.4 Å². The molecule has 0 saturated carbocycles. The molecule has 3 aromatic heterocycles. The summed E-state index contributed by atoms with van der Waals surface area (Å²) in [6, 6.07) is 22.6. The molecule has 0 bridgehead atoms. The highest BCUT2D eigenvalue weighted by Gasteiger charge is 2.70. The van der Waals surface area contributed by atoms with Gasteiger partial charge in [0.2, 0.25) is 0 Å². The summed E-state index contributed by atoms with van der Waals surface area (Å²) in [6.45, 7) is 2.98. The Morgan fingerprint density at radius 1 is 0.846 bits per heavy atom. The number of pyridine rings is 2. The minimum atomic E-state index is -5.97. The molecule has 1 aliphatic rings. The molecule has 4 heterocycles. The lowest BCUT2D eigenvalue weighted by molar-refractivity contribution is -0.372. The van der Waals surface area contributed by atoms with E-state index in [0.717, 1.165) is 40.4 Å². The quantitative estimate of drug-likeness (QED) is 0.0996. The molecular formula is C36H31F6N7O2S. The summed E-state index contributed by atoms with van der Waals surface area (Å²) < 4.78 is 89.8. The molecule has 0 radical (unpaired) electrons. The maximum atomic E-state index is 13.4. The van der Waals surface area contributed by atoms with Gasteiger partial charge in [-0.15, -0.1) is 0 Å². The van der Waals surface area contributed by atoms with Crippen molar-refractivity contribution in [3.8, 4) is 11.3 Å². The van der Waals surface area contributed by atoms with Crippen LogP contribution >= 0.6 is 11.9 Å². The van der Waals surface area contributed by atoms with Gasteiger partial charge in [0.15, 0.2) is 0 Å². The number of aliphatic hydroxyl groups is 1. The monoisotopic (exact) mass is 739 g/mol. The number of hydrogen-bond acceptors (Lipinski definition) is 9. The highest BCUT2D eigenvalue weighted by molar-refractivity contribution is 8.00. The third-order valence-corrected chi connectivity index (χ3v) is 9.80. The molecular weight excluding hydrogens is 708 g/mol. The van der Waals surface area contributed by atoms with Crippen LogP contribution in [0, 0.1) is 6.92 Å². The van der Waals surface area contributed by atoms with Crippen LogP contribution in [0.3, 0.4) is 0 Å². The molecule has 0 amide bonds. The Morgan fingerprint density at radius 3 is 2.33 bits per heavy atom. The number of anilines is 4. The Balaban J connectivity index is 1.09. The number of morpholine rings is 1. The lowest BCUT2D eigenvalue weighted by Gasteiger charge is -2.32. The van der Waals surface area contributed by atoms with Crippen molar-refractivity contribution in [2.75, 3.05) is 41.2 Å². The van der Waals surface area contributed by atoms with E-state index in [-0.39, 0.29) is 5.52 Å². The molecule has 0 unspecified atom stereocenters. The molecule has 3 aromatic carbocycles. The van der Waals surface area contributed by atoms with Crippen molar-refractivity contribution in [3.05, 3.63) is 97.0 Å². The van der Waals surface area contributed by atoms with Gasteiger partial charge in [0.05, 0.1) is 37.2 Å². The smallest absolute Gasteiger partial charge is 0.378 e. The Kier molecular flexibility index (Phi) is 9.39. The largest absolute Gasteiger partial charge is 0.428 e. The summed E-state index contributed by atoms with van der Waals surface area (Å²) in [6.07, 6.45) is -7.49. The first-order chi connectivity index (χ1) is 24.8. The number of ether oxygens (including phenoxy) is 1. The predicted octanol–water partition coefficient (Wildman–Crippen LogP) is 8.51. The van der Waals surface area contributed by atoms with Crippen LogP contribution in [0.15, 0.2) is 96.3 Å². The van der Waals surface area contributed by atoms with Crippen LogP contribution in [0.2, 0.25) is 0 Å². The van der Waals surface area contributed by atoms with Crippen LogP contribution in [0.5, 0.6) is 0 Å². The zero-order valence-electron chi connectivity index (χ0n) is 27.5. The fraction of sp³-hybridized carbons (Fsp3) is 0.250. The standard InChI is InChI=1S/C36H31F6N7O2S/c1-22-28(9-10-31-30(22)20-45-49(31)21-34(50,35(37,38)39)36(40,41)42)33-29-18-32(44-19-23(29)11-12-43-33)46-24-5-7-27(8-6-24)52-47-25-3-2-4-26(17-25)48-13-15-51-16-14-48/h2-12,17-20,47,50H,13-16,21H2,1H3,(H,44,46). The van der Waals surface area contributed by atoms with E-state index in [4.69, 9.17) is 4.74 Å². The van der Waals surface area contributed by atoms with Gasteiger partial charge in [-0.2, -0.15) is 31.4 Å². The molecule has 52 heavy (non-hydrogen) atoms. The number of nitrogens with zero attached hydrogens (tertiary/aromatic N) is 5. The predicted molar refractivity (Wildman–Crippen MR) is 189 cm³/mol. The summed E-state index contributed by atoms with van der Waals surface area (Å²) in [5.74, 6) is 0.533. The van der Waals surface area contributed by atoms with Crippen LogP contribution < -0.4 is 14.9 Å². The van der Waals surface area contributed by atoms with E-state index in [1.165, 1.54) is 24.2 Å². The Labute approximate surface area is 297 Å². The molecule has 1 aliphatic heterocycles. The lowest BCUT2D eigenvalue weighted by atomic mass is 9.98. The average Bonchev–Trinajstić information content (AvgIpc) is 3.54. The minimum Gasteiger partial charge on any atom is -0.378 e. The topological polar surface area (TPSA) is 100 Å². The van der Waals surface area contributed by atoms with Crippen LogP contribution in [0.4, 0.5) is 49.2 Å². The fourth-order valence-electron chi connectivity index (χ4n) is 6.04. The molecule has 9 nitrogen and oxygen atoms in total. The summed E-state index contributed by atoms with van der Waals surface area (Å²) in [7, 11) is 0. The van der Waals surface area contributed by atoms with Gasteiger partial charge in [-0.3, -0.25) is 9.67 Å². The van der Waals surface area contributed by atoms with Gasteiger partial charge in [-0.1, -0.05) is 12.1 Å². The third kappa shape index (κ3) is 6.92. The van der Waals surface area contributed by atoms with Gasteiger partial charge >= 0.3 is 12.4 Å². The van der Waals surface area contributed by atoms with E-state index < -0.39 is 24.5 Å². The maximum absolute atomic E-state index is 13.4. The Morgan fingerprint density at radius 2 is 1.60 bits per heavy atom. The molecule has 0 atom stereocenters. The Bertz CT molecular complexity index is 2210. The average molecular weight is 740 g/mol. The van der Waals surface area contributed by atoms with E-state index >= 15 is 0 Å². The first-order valence-corrected chi connectivity index (χ1v) is 16.9. The van der Waals surface area contributed by atoms with Gasteiger partial charge in [0.25, 0.3) is 5.60 Å². The molecule has 16 heteroatoms. The van der Waals surface area contributed by atoms with Crippen molar-refractivity contribution in [1.82, 2.24) is 19.7 Å². The summed E-state index contributed by atoms with van der Waals surface area (Å²) >= 11 is 1.49. The van der Waals surface area contributed by atoms with E-state index in [0.29, 0.717) is 51.3 Å². The number of nitrogens with one attached hydrogen (secondary N) is 2. The Hall–Kier alpha value is -5.06. The fourth-order valence-corrected chi connectivity index (χ4v) is 6.67. The second kappa shape index (κ2) is 13.8. The molecule has 1 fully saturated rings. The maximum Gasteiger partial charge on any atom is 0.428 e. The van der Waals surface area contributed by atoms with Gasteiger partial charge in [-0.25, -0.2) is 4.98 Å². The second-order valence-electron chi connectivity index (χ2n) is 12.3. The van der Waals surface area contributed by atoms with Crippen molar-refractivity contribution >= 4 is 56.5 Å². The zero-order valence-corrected chi connectivity index (χ0v) is 28.3. The number of rotatable bonds is 9. The first-order valence-electron chi connectivity index (χ1n) is 16.1. The molecule has 270 valence electrons. The molecule has 6 aromatic rings. The van der Waals surface area contributed by atoms with Crippen molar-refractivity contribution in [1.29, 1.82) is 0 Å². The summed E-state index contributed by atoms with van der Waals surface area (Å²) in [4.78, 5) is 12.4. The highest BCUT2D eigenvalue weighted by atomic mass is 32.2.